The minimum absolute atomic E-state index is 0. The number of guanidine groups is 1. The van der Waals surface area contributed by atoms with E-state index in [0.29, 0.717) is 12.5 Å². The Kier molecular flexibility index (Phi) is 13.9. The number of likely N-dealkylation sites (tertiary alicyclic amines) is 1. The average Bonchev–Trinajstić information content (AvgIpc) is 2.75. The maximum absolute atomic E-state index is 5.97. The SMILES string of the molecule is CCNC(=NCC(C)Oc1cccc(OC)c1)NCC1CCN(CCOC)CC1.I. The first-order valence-electron chi connectivity index (χ1n) is 10.7. The van der Waals surface area contributed by atoms with Gasteiger partial charge in [0.05, 0.1) is 20.3 Å². The Morgan fingerprint density at radius 3 is 2.60 bits per heavy atom. The maximum Gasteiger partial charge on any atom is 0.191 e. The van der Waals surface area contributed by atoms with E-state index in [4.69, 9.17) is 19.2 Å². The molecule has 1 aliphatic heterocycles. The summed E-state index contributed by atoms with van der Waals surface area (Å²) >= 11 is 0. The molecule has 2 N–H and O–H groups in total. The van der Waals surface area contributed by atoms with Gasteiger partial charge in [-0.2, -0.15) is 0 Å². The summed E-state index contributed by atoms with van der Waals surface area (Å²) in [6.07, 6.45) is 2.40. The Bertz CT molecular complexity index is 610. The summed E-state index contributed by atoms with van der Waals surface area (Å²) in [5.74, 6) is 3.13. The molecule has 1 aliphatic rings. The van der Waals surface area contributed by atoms with Crippen LogP contribution in [0.15, 0.2) is 29.3 Å². The molecule has 1 aromatic carbocycles. The van der Waals surface area contributed by atoms with Crippen LogP contribution in [0.4, 0.5) is 0 Å². The number of aliphatic imine (C=N–C) groups is 1. The van der Waals surface area contributed by atoms with Gasteiger partial charge in [-0.1, -0.05) is 6.07 Å². The van der Waals surface area contributed by atoms with Gasteiger partial charge in [0.1, 0.15) is 17.6 Å². The van der Waals surface area contributed by atoms with Gasteiger partial charge in [0.15, 0.2) is 5.96 Å². The number of nitrogens with one attached hydrogen (secondary N) is 2. The third kappa shape index (κ3) is 10.2. The molecule has 2 rings (SSSR count). The molecule has 0 bridgehead atoms. The van der Waals surface area contributed by atoms with Crippen molar-refractivity contribution in [1.82, 2.24) is 15.5 Å². The lowest BCUT2D eigenvalue weighted by Gasteiger charge is -2.32. The van der Waals surface area contributed by atoms with Crippen molar-refractivity contribution in [2.24, 2.45) is 10.9 Å². The topological polar surface area (TPSA) is 67.4 Å². The van der Waals surface area contributed by atoms with Crippen LogP contribution in [0.5, 0.6) is 11.5 Å². The van der Waals surface area contributed by atoms with Gasteiger partial charge in [-0.05, 0) is 57.8 Å². The first-order valence-corrected chi connectivity index (χ1v) is 10.7. The van der Waals surface area contributed by atoms with Gasteiger partial charge in [0.2, 0.25) is 0 Å². The number of hydrogen-bond donors (Lipinski definition) is 2. The van der Waals surface area contributed by atoms with Crippen molar-refractivity contribution in [2.45, 2.75) is 32.8 Å². The summed E-state index contributed by atoms with van der Waals surface area (Å²) in [7, 11) is 3.42. The second-order valence-electron chi connectivity index (χ2n) is 7.49. The second kappa shape index (κ2) is 15.5. The van der Waals surface area contributed by atoms with Crippen molar-refractivity contribution in [1.29, 1.82) is 0 Å². The molecular weight excluding hydrogens is 495 g/mol. The highest BCUT2D eigenvalue weighted by molar-refractivity contribution is 14.0. The predicted molar refractivity (Wildman–Crippen MR) is 134 cm³/mol. The van der Waals surface area contributed by atoms with E-state index in [1.54, 1.807) is 14.2 Å². The Balaban J connectivity index is 0.00000450. The Labute approximate surface area is 199 Å². The number of nitrogens with zero attached hydrogens (tertiary/aromatic N) is 2. The zero-order valence-electron chi connectivity index (χ0n) is 18.9. The van der Waals surface area contributed by atoms with Crippen LogP contribution < -0.4 is 20.1 Å². The molecule has 1 fully saturated rings. The standard InChI is InChI=1S/C22H38N4O3.HI/c1-5-23-22(25-17-19-9-11-26(12-10-19)13-14-27-3)24-16-18(2)29-21-8-6-7-20(15-21)28-4;/h6-8,15,18-19H,5,9-14,16-17H2,1-4H3,(H2,23,24,25);1H. The molecule has 0 spiro atoms. The highest BCUT2D eigenvalue weighted by atomic mass is 127. The van der Waals surface area contributed by atoms with Gasteiger partial charge in [0, 0.05) is 32.8 Å². The van der Waals surface area contributed by atoms with Gasteiger partial charge >= 0.3 is 0 Å². The van der Waals surface area contributed by atoms with Crippen LogP contribution in [0.3, 0.4) is 0 Å². The van der Waals surface area contributed by atoms with E-state index in [1.807, 2.05) is 31.2 Å². The molecule has 7 nitrogen and oxygen atoms in total. The number of ether oxygens (including phenoxy) is 3. The molecule has 1 atom stereocenters. The van der Waals surface area contributed by atoms with E-state index in [1.165, 1.54) is 12.8 Å². The number of halogens is 1. The molecule has 1 aromatic rings. The van der Waals surface area contributed by atoms with Crippen LogP contribution in [-0.4, -0.2) is 77.1 Å². The van der Waals surface area contributed by atoms with Gasteiger partial charge in [-0.25, -0.2) is 4.99 Å². The first kappa shape index (κ1) is 26.8. The highest BCUT2D eigenvalue weighted by Crippen LogP contribution is 2.20. The Morgan fingerprint density at radius 2 is 1.93 bits per heavy atom. The predicted octanol–water partition coefficient (Wildman–Crippen LogP) is 2.99. The highest BCUT2D eigenvalue weighted by Gasteiger charge is 2.19. The minimum Gasteiger partial charge on any atom is -0.497 e. The van der Waals surface area contributed by atoms with Crippen LogP contribution in [0.1, 0.15) is 26.7 Å². The second-order valence-corrected chi connectivity index (χ2v) is 7.49. The van der Waals surface area contributed by atoms with Gasteiger partial charge in [-0.3, -0.25) is 0 Å². The van der Waals surface area contributed by atoms with Crippen molar-refractivity contribution in [3.63, 3.8) is 0 Å². The normalized spacial score (nSPS) is 16.5. The molecule has 30 heavy (non-hydrogen) atoms. The fraction of sp³-hybridized carbons (Fsp3) is 0.682. The quantitative estimate of drug-likeness (QED) is 0.259. The Morgan fingerprint density at radius 1 is 1.20 bits per heavy atom. The van der Waals surface area contributed by atoms with E-state index in [0.717, 1.165) is 56.8 Å². The number of hydrogen-bond acceptors (Lipinski definition) is 5. The third-order valence-corrected chi connectivity index (χ3v) is 5.11. The van der Waals surface area contributed by atoms with Crippen LogP contribution in [0.25, 0.3) is 0 Å². The van der Waals surface area contributed by atoms with Gasteiger partial charge < -0.3 is 29.7 Å². The van der Waals surface area contributed by atoms with Crippen LogP contribution in [-0.2, 0) is 4.74 Å². The zero-order valence-corrected chi connectivity index (χ0v) is 21.2. The van der Waals surface area contributed by atoms with E-state index < -0.39 is 0 Å². The molecule has 0 amide bonds. The van der Waals surface area contributed by atoms with Crippen LogP contribution in [0, 0.1) is 5.92 Å². The van der Waals surface area contributed by atoms with Crippen LogP contribution >= 0.6 is 24.0 Å². The summed E-state index contributed by atoms with van der Waals surface area (Å²) in [6.45, 7) is 10.6. The lowest BCUT2D eigenvalue weighted by Crippen LogP contribution is -2.43. The van der Waals surface area contributed by atoms with E-state index in [2.05, 4.69) is 22.5 Å². The molecule has 0 aliphatic carbocycles. The lowest BCUT2D eigenvalue weighted by molar-refractivity contribution is 0.121. The molecule has 0 aromatic heterocycles. The van der Waals surface area contributed by atoms with Crippen molar-refractivity contribution in [2.75, 3.05) is 60.1 Å². The third-order valence-electron chi connectivity index (χ3n) is 5.11. The molecule has 0 saturated carbocycles. The molecule has 0 radical (unpaired) electrons. The molecule has 172 valence electrons. The molecule has 8 heteroatoms. The molecular formula is C22H39IN4O3. The van der Waals surface area contributed by atoms with E-state index >= 15 is 0 Å². The average molecular weight is 534 g/mol. The van der Waals surface area contributed by atoms with Crippen molar-refractivity contribution < 1.29 is 14.2 Å². The summed E-state index contributed by atoms with van der Waals surface area (Å²) < 4.78 is 16.4. The fourth-order valence-electron chi connectivity index (χ4n) is 3.38. The smallest absolute Gasteiger partial charge is 0.191 e. The van der Waals surface area contributed by atoms with Crippen LogP contribution in [0.2, 0.25) is 0 Å². The van der Waals surface area contributed by atoms with E-state index in [-0.39, 0.29) is 30.1 Å². The summed E-state index contributed by atoms with van der Waals surface area (Å²) in [4.78, 5) is 7.19. The van der Waals surface area contributed by atoms with Gasteiger partial charge in [-0.15, -0.1) is 24.0 Å². The first-order chi connectivity index (χ1) is 14.1. The monoisotopic (exact) mass is 534 g/mol. The largest absolute Gasteiger partial charge is 0.497 e. The molecule has 1 saturated heterocycles. The number of benzene rings is 1. The van der Waals surface area contributed by atoms with Gasteiger partial charge in [0.25, 0.3) is 0 Å². The number of methoxy groups -OCH3 is 2. The summed E-state index contributed by atoms with van der Waals surface area (Å²) in [5.41, 5.74) is 0. The molecule has 1 heterocycles. The minimum atomic E-state index is -0.0263. The fourth-order valence-corrected chi connectivity index (χ4v) is 3.38. The van der Waals surface area contributed by atoms with Crippen molar-refractivity contribution in [3.8, 4) is 11.5 Å². The maximum atomic E-state index is 5.97. The summed E-state index contributed by atoms with van der Waals surface area (Å²) in [5, 5.41) is 6.84. The summed E-state index contributed by atoms with van der Waals surface area (Å²) in [6, 6.07) is 7.66. The number of piperidine rings is 1. The van der Waals surface area contributed by atoms with Crippen molar-refractivity contribution >= 4 is 29.9 Å². The molecule has 1 unspecified atom stereocenters. The zero-order chi connectivity index (χ0) is 20.9. The Hall–Kier alpha value is -1.26. The van der Waals surface area contributed by atoms with Crippen molar-refractivity contribution in [3.05, 3.63) is 24.3 Å². The van der Waals surface area contributed by atoms with E-state index in [9.17, 15) is 0 Å². The number of rotatable bonds is 11. The lowest BCUT2D eigenvalue weighted by atomic mass is 9.97.